The molecule has 0 aromatic carbocycles. The van der Waals surface area contributed by atoms with E-state index in [1.165, 1.54) is 19.3 Å². The lowest BCUT2D eigenvalue weighted by Crippen LogP contribution is -2.56. The summed E-state index contributed by atoms with van der Waals surface area (Å²) >= 11 is 0. The maximum Gasteiger partial charge on any atom is 0.240 e. The van der Waals surface area contributed by atoms with Crippen molar-refractivity contribution < 1.29 is 4.79 Å². The minimum Gasteiger partial charge on any atom is -0.353 e. The number of nitrogens with one attached hydrogen (secondary N) is 1. The number of hydrogen-bond acceptors (Lipinski definition) is 3. The standard InChI is InChI=1S/C13H25N3O/c1-13(14,10-6-7-10)12(17)15-9-11-5-3-4-8-16(11)2/h10-11H,3-9,14H2,1-2H3,(H,15,17). The molecule has 1 saturated carbocycles. The lowest BCUT2D eigenvalue weighted by atomic mass is 9.95. The highest BCUT2D eigenvalue weighted by atomic mass is 16.2. The Morgan fingerprint density at radius 1 is 1.41 bits per heavy atom. The van der Waals surface area contributed by atoms with Crippen LogP contribution in [-0.4, -0.2) is 42.5 Å². The first-order chi connectivity index (χ1) is 8.01. The van der Waals surface area contributed by atoms with Crippen LogP contribution in [0.1, 0.15) is 39.0 Å². The minimum atomic E-state index is -0.659. The first-order valence-electron chi connectivity index (χ1n) is 6.79. The predicted octanol–water partition coefficient (Wildman–Crippen LogP) is 0.714. The lowest BCUT2D eigenvalue weighted by Gasteiger charge is -2.33. The van der Waals surface area contributed by atoms with E-state index in [2.05, 4.69) is 17.3 Å². The van der Waals surface area contributed by atoms with Gasteiger partial charge in [0.2, 0.25) is 5.91 Å². The van der Waals surface area contributed by atoms with E-state index in [-0.39, 0.29) is 5.91 Å². The molecule has 2 unspecified atom stereocenters. The second kappa shape index (κ2) is 4.94. The Balaban J connectivity index is 1.79. The van der Waals surface area contributed by atoms with E-state index in [1.54, 1.807) is 0 Å². The Labute approximate surface area is 104 Å². The van der Waals surface area contributed by atoms with Crippen LogP contribution in [0, 0.1) is 5.92 Å². The minimum absolute atomic E-state index is 0.0268. The van der Waals surface area contributed by atoms with Crippen LogP contribution < -0.4 is 11.1 Å². The molecule has 2 aliphatic rings. The van der Waals surface area contributed by atoms with Gasteiger partial charge in [-0.3, -0.25) is 4.79 Å². The van der Waals surface area contributed by atoms with Crippen molar-refractivity contribution in [3.63, 3.8) is 0 Å². The van der Waals surface area contributed by atoms with Crippen LogP contribution in [0.5, 0.6) is 0 Å². The van der Waals surface area contributed by atoms with Gasteiger partial charge in [-0.05, 0) is 52.1 Å². The zero-order chi connectivity index (χ0) is 12.5. The third-order valence-electron chi connectivity index (χ3n) is 4.33. The third-order valence-corrected chi connectivity index (χ3v) is 4.33. The second-order valence-corrected chi connectivity index (χ2v) is 5.90. The number of nitrogens with zero attached hydrogens (tertiary/aromatic N) is 1. The Morgan fingerprint density at radius 3 is 2.71 bits per heavy atom. The highest BCUT2D eigenvalue weighted by Gasteiger charge is 2.44. The summed E-state index contributed by atoms with van der Waals surface area (Å²) in [5, 5.41) is 3.04. The first-order valence-corrected chi connectivity index (χ1v) is 6.79. The maximum atomic E-state index is 12.0. The fourth-order valence-electron chi connectivity index (χ4n) is 2.67. The van der Waals surface area contributed by atoms with Gasteiger partial charge < -0.3 is 16.0 Å². The highest BCUT2D eigenvalue weighted by molar-refractivity contribution is 5.86. The molecule has 1 heterocycles. The summed E-state index contributed by atoms with van der Waals surface area (Å²) in [7, 11) is 2.14. The van der Waals surface area contributed by atoms with E-state index in [0.717, 1.165) is 25.9 Å². The Kier molecular flexibility index (Phi) is 3.73. The van der Waals surface area contributed by atoms with Crippen molar-refractivity contribution in [2.75, 3.05) is 20.1 Å². The summed E-state index contributed by atoms with van der Waals surface area (Å²) in [5.74, 6) is 0.422. The molecule has 1 saturated heterocycles. The van der Waals surface area contributed by atoms with Crippen molar-refractivity contribution in [2.45, 2.75) is 50.6 Å². The average Bonchev–Trinajstić information content (AvgIpc) is 3.11. The number of nitrogens with two attached hydrogens (primary N) is 1. The molecule has 3 N–H and O–H groups in total. The topological polar surface area (TPSA) is 58.4 Å². The smallest absolute Gasteiger partial charge is 0.240 e. The van der Waals surface area contributed by atoms with E-state index in [4.69, 9.17) is 5.73 Å². The number of likely N-dealkylation sites (tertiary alicyclic amines) is 1. The molecule has 2 atom stereocenters. The predicted molar refractivity (Wildman–Crippen MR) is 68.6 cm³/mol. The van der Waals surface area contributed by atoms with E-state index < -0.39 is 5.54 Å². The SMILES string of the molecule is CN1CCCCC1CNC(=O)C(C)(N)C1CC1. The summed E-state index contributed by atoms with van der Waals surface area (Å²) in [6, 6.07) is 0.489. The largest absolute Gasteiger partial charge is 0.353 e. The van der Waals surface area contributed by atoms with Crippen LogP contribution >= 0.6 is 0 Å². The van der Waals surface area contributed by atoms with Crippen LogP contribution in [0.15, 0.2) is 0 Å². The molecule has 2 rings (SSSR count). The summed E-state index contributed by atoms with van der Waals surface area (Å²) in [4.78, 5) is 14.4. The first kappa shape index (κ1) is 12.8. The number of carbonyl (C=O) groups is 1. The number of piperidine rings is 1. The van der Waals surface area contributed by atoms with Gasteiger partial charge in [-0.2, -0.15) is 0 Å². The van der Waals surface area contributed by atoms with Crippen molar-refractivity contribution in [3.8, 4) is 0 Å². The van der Waals surface area contributed by atoms with Crippen LogP contribution in [0.2, 0.25) is 0 Å². The molecule has 0 radical (unpaired) electrons. The fraction of sp³-hybridized carbons (Fsp3) is 0.923. The van der Waals surface area contributed by atoms with Crippen molar-refractivity contribution in [1.82, 2.24) is 10.2 Å². The van der Waals surface area contributed by atoms with Crippen molar-refractivity contribution in [3.05, 3.63) is 0 Å². The summed E-state index contributed by atoms with van der Waals surface area (Å²) in [6.07, 6.45) is 5.93. The van der Waals surface area contributed by atoms with Gasteiger partial charge >= 0.3 is 0 Å². The van der Waals surface area contributed by atoms with Crippen LogP contribution in [0.4, 0.5) is 0 Å². The number of likely N-dealkylation sites (N-methyl/N-ethyl adjacent to an activating group) is 1. The summed E-state index contributed by atoms with van der Waals surface area (Å²) < 4.78 is 0. The monoisotopic (exact) mass is 239 g/mol. The van der Waals surface area contributed by atoms with Gasteiger partial charge in [-0.15, -0.1) is 0 Å². The molecule has 1 aliphatic carbocycles. The fourth-order valence-corrected chi connectivity index (χ4v) is 2.67. The Bertz CT molecular complexity index is 286. The number of hydrogen-bond donors (Lipinski definition) is 2. The Morgan fingerprint density at radius 2 is 2.12 bits per heavy atom. The normalized spacial score (nSPS) is 29.7. The molecule has 1 aliphatic heterocycles. The third kappa shape index (κ3) is 2.99. The zero-order valence-corrected chi connectivity index (χ0v) is 11.0. The van der Waals surface area contributed by atoms with Gasteiger partial charge in [0.05, 0.1) is 5.54 Å². The van der Waals surface area contributed by atoms with Crippen LogP contribution in [0.3, 0.4) is 0 Å². The molecule has 0 spiro atoms. The van der Waals surface area contributed by atoms with Crippen LogP contribution in [0.25, 0.3) is 0 Å². The molecule has 98 valence electrons. The van der Waals surface area contributed by atoms with Gasteiger partial charge in [0.15, 0.2) is 0 Å². The van der Waals surface area contributed by atoms with Gasteiger partial charge in [0, 0.05) is 12.6 Å². The quantitative estimate of drug-likeness (QED) is 0.760. The van der Waals surface area contributed by atoms with Crippen molar-refractivity contribution >= 4 is 5.91 Å². The number of carbonyl (C=O) groups excluding carboxylic acids is 1. The molecule has 1 amide bonds. The second-order valence-electron chi connectivity index (χ2n) is 5.90. The van der Waals surface area contributed by atoms with Gasteiger partial charge in [0.25, 0.3) is 0 Å². The van der Waals surface area contributed by atoms with Gasteiger partial charge in [-0.1, -0.05) is 6.42 Å². The van der Waals surface area contributed by atoms with Crippen LogP contribution in [-0.2, 0) is 4.79 Å². The van der Waals surface area contributed by atoms with Crippen molar-refractivity contribution in [1.29, 1.82) is 0 Å². The van der Waals surface area contributed by atoms with E-state index in [0.29, 0.717) is 12.0 Å². The number of amides is 1. The van der Waals surface area contributed by atoms with E-state index in [1.807, 2.05) is 6.92 Å². The Hall–Kier alpha value is -0.610. The van der Waals surface area contributed by atoms with Crippen molar-refractivity contribution in [2.24, 2.45) is 11.7 Å². The molecule has 17 heavy (non-hydrogen) atoms. The molecular formula is C13H25N3O. The van der Waals surface area contributed by atoms with E-state index in [9.17, 15) is 4.79 Å². The maximum absolute atomic E-state index is 12.0. The molecule has 0 aromatic heterocycles. The lowest BCUT2D eigenvalue weighted by molar-refractivity contribution is -0.126. The molecule has 0 bridgehead atoms. The molecule has 2 fully saturated rings. The number of rotatable bonds is 4. The van der Waals surface area contributed by atoms with Gasteiger partial charge in [-0.25, -0.2) is 0 Å². The zero-order valence-electron chi connectivity index (χ0n) is 11.0. The molecular weight excluding hydrogens is 214 g/mol. The molecule has 4 heteroatoms. The summed E-state index contributed by atoms with van der Waals surface area (Å²) in [6.45, 7) is 3.75. The van der Waals surface area contributed by atoms with E-state index >= 15 is 0 Å². The molecule has 4 nitrogen and oxygen atoms in total. The van der Waals surface area contributed by atoms with Gasteiger partial charge in [0.1, 0.15) is 0 Å². The summed E-state index contributed by atoms with van der Waals surface area (Å²) in [5.41, 5.74) is 5.43. The molecule has 0 aromatic rings. The average molecular weight is 239 g/mol. The highest BCUT2D eigenvalue weighted by Crippen LogP contribution is 2.38.